The molecule has 18 heavy (non-hydrogen) atoms. The summed E-state index contributed by atoms with van der Waals surface area (Å²) in [6, 6.07) is 7.37. The van der Waals surface area contributed by atoms with Crippen molar-refractivity contribution in [2.45, 2.75) is 31.7 Å². The molecule has 94 valence electrons. The number of amides is 1. The molecular formula is C15H18N2O. The smallest absolute Gasteiger partial charge is 0.244 e. The van der Waals surface area contributed by atoms with Crippen molar-refractivity contribution in [2.24, 2.45) is 0 Å². The van der Waals surface area contributed by atoms with E-state index in [0.717, 1.165) is 37.1 Å². The van der Waals surface area contributed by atoms with Gasteiger partial charge < -0.3 is 10.6 Å². The van der Waals surface area contributed by atoms with Gasteiger partial charge in [0, 0.05) is 11.3 Å². The second-order valence-electron chi connectivity index (χ2n) is 4.65. The minimum atomic E-state index is -0.411. The molecule has 1 atom stereocenters. The van der Waals surface area contributed by atoms with E-state index in [-0.39, 0.29) is 5.91 Å². The molecule has 1 saturated heterocycles. The molecule has 0 aromatic heterocycles. The molecular weight excluding hydrogens is 224 g/mol. The summed E-state index contributed by atoms with van der Waals surface area (Å²) in [6.45, 7) is 2.95. The first-order valence-electron chi connectivity index (χ1n) is 6.33. The van der Waals surface area contributed by atoms with Crippen molar-refractivity contribution in [1.82, 2.24) is 5.32 Å². The third kappa shape index (κ3) is 2.39. The molecule has 2 N–H and O–H groups in total. The number of rotatable bonds is 3. The van der Waals surface area contributed by atoms with Crippen LogP contribution in [0.15, 0.2) is 24.3 Å². The summed E-state index contributed by atoms with van der Waals surface area (Å²) in [7, 11) is 0. The van der Waals surface area contributed by atoms with Gasteiger partial charge in [0.25, 0.3) is 0 Å². The standard InChI is InChI=1S/C15H18N2O/c1-3-12-7-5-8-13(11-12)17-14(18)15(4-2)9-6-10-16-15/h1,5,7-8,11,16H,4,6,9-10H2,2H3,(H,17,18). The Bertz CT molecular complexity index is 482. The molecule has 0 spiro atoms. The Morgan fingerprint density at radius 2 is 2.44 bits per heavy atom. The molecule has 1 aromatic rings. The molecule has 1 amide bonds. The van der Waals surface area contributed by atoms with Crippen molar-refractivity contribution in [3.63, 3.8) is 0 Å². The SMILES string of the molecule is C#Cc1cccc(NC(=O)C2(CC)CCCN2)c1. The maximum absolute atomic E-state index is 12.3. The maximum Gasteiger partial charge on any atom is 0.244 e. The Kier molecular flexibility index (Phi) is 3.69. The maximum atomic E-state index is 12.3. The van der Waals surface area contributed by atoms with Gasteiger partial charge in [-0.1, -0.05) is 18.9 Å². The zero-order valence-corrected chi connectivity index (χ0v) is 10.6. The molecule has 0 saturated carbocycles. The quantitative estimate of drug-likeness (QED) is 0.797. The van der Waals surface area contributed by atoms with Gasteiger partial charge >= 0.3 is 0 Å². The number of carbonyl (C=O) groups is 1. The Balaban J connectivity index is 2.13. The predicted molar refractivity (Wildman–Crippen MR) is 73.3 cm³/mol. The molecule has 1 aromatic carbocycles. The number of anilines is 1. The normalized spacial score (nSPS) is 22.4. The molecule has 0 aliphatic carbocycles. The van der Waals surface area contributed by atoms with Gasteiger partial charge in [-0.15, -0.1) is 6.42 Å². The van der Waals surface area contributed by atoms with Crippen molar-refractivity contribution in [3.8, 4) is 12.3 Å². The molecule has 1 unspecified atom stereocenters. The number of benzene rings is 1. The van der Waals surface area contributed by atoms with E-state index in [1.165, 1.54) is 0 Å². The van der Waals surface area contributed by atoms with Crippen LogP contribution in [0.25, 0.3) is 0 Å². The van der Waals surface area contributed by atoms with Crippen molar-refractivity contribution in [3.05, 3.63) is 29.8 Å². The molecule has 1 heterocycles. The van der Waals surface area contributed by atoms with Crippen LogP contribution in [0.5, 0.6) is 0 Å². The number of hydrogen-bond donors (Lipinski definition) is 2. The Morgan fingerprint density at radius 1 is 1.61 bits per heavy atom. The van der Waals surface area contributed by atoms with Crippen LogP contribution >= 0.6 is 0 Å². The number of carbonyl (C=O) groups excluding carboxylic acids is 1. The first kappa shape index (κ1) is 12.7. The van der Waals surface area contributed by atoms with E-state index >= 15 is 0 Å². The van der Waals surface area contributed by atoms with Gasteiger partial charge in [0.2, 0.25) is 5.91 Å². The van der Waals surface area contributed by atoms with E-state index in [2.05, 4.69) is 16.6 Å². The second kappa shape index (κ2) is 5.24. The zero-order valence-electron chi connectivity index (χ0n) is 10.6. The van der Waals surface area contributed by atoms with Crippen molar-refractivity contribution >= 4 is 11.6 Å². The van der Waals surface area contributed by atoms with Gasteiger partial charge in [-0.3, -0.25) is 4.79 Å². The summed E-state index contributed by atoms with van der Waals surface area (Å²) in [5.41, 5.74) is 1.13. The topological polar surface area (TPSA) is 41.1 Å². The highest BCUT2D eigenvalue weighted by molar-refractivity contribution is 5.98. The van der Waals surface area contributed by atoms with Crippen LogP contribution in [0.2, 0.25) is 0 Å². The lowest BCUT2D eigenvalue weighted by atomic mass is 9.93. The first-order chi connectivity index (χ1) is 8.70. The lowest BCUT2D eigenvalue weighted by molar-refractivity contribution is -0.122. The summed E-state index contributed by atoms with van der Waals surface area (Å²) in [4.78, 5) is 12.3. The van der Waals surface area contributed by atoms with Gasteiger partial charge in [-0.05, 0) is 44.0 Å². The largest absolute Gasteiger partial charge is 0.324 e. The molecule has 1 aliphatic rings. The minimum Gasteiger partial charge on any atom is -0.324 e. The van der Waals surface area contributed by atoms with Crippen LogP contribution in [0.3, 0.4) is 0 Å². The molecule has 0 radical (unpaired) electrons. The van der Waals surface area contributed by atoms with Crippen molar-refractivity contribution < 1.29 is 4.79 Å². The lowest BCUT2D eigenvalue weighted by Crippen LogP contribution is -2.50. The van der Waals surface area contributed by atoms with Crippen molar-refractivity contribution in [2.75, 3.05) is 11.9 Å². The molecule has 1 aliphatic heterocycles. The summed E-state index contributed by atoms with van der Waals surface area (Å²) in [5, 5.41) is 6.27. The molecule has 3 heteroatoms. The zero-order chi connectivity index (χ0) is 13.0. The van der Waals surface area contributed by atoms with Gasteiger partial charge in [0.15, 0.2) is 0 Å². The minimum absolute atomic E-state index is 0.0386. The third-order valence-electron chi connectivity index (χ3n) is 3.57. The predicted octanol–water partition coefficient (Wildman–Crippen LogP) is 2.14. The Hall–Kier alpha value is -1.79. The highest BCUT2D eigenvalue weighted by Gasteiger charge is 2.38. The first-order valence-corrected chi connectivity index (χ1v) is 6.33. The fraction of sp³-hybridized carbons (Fsp3) is 0.400. The third-order valence-corrected chi connectivity index (χ3v) is 3.57. The summed E-state index contributed by atoms with van der Waals surface area (Å²) in [5.74, 6) is 2.61. The molecule has 2 rings (SSSR count). The average Bonchev–Trinajstić information content (AvgIpc) is 2.89. The summed E-state index contributed by atoms with van der Waals surface area (Å²) in [6.07, 6.45) is 8.09. The van der Waals surface area contributed by atoms with Crippen LogP contribution in [-0.4, -0.2) is 18.0 Å². The van der Waals surface area contributed by atoms with E-state index < -0.39 is 5.54 Å². The van der Waals surface area contributed by atoms with Crippen LogP contribution in [0.1, 0.15) is 31.7 Å². The Morgan fingerprint density at radius 3 is 3.06 bits per heavy atom. The Labute approximate surface area is 108 Å². The van der Waals surface area contributed by atoms with E-state index in [9.17, 15) is 4.79 Å². The summed E-state index contributed by atoms with van der Waals surface area (Å²) < 4.78 is 0. The van der Waals surface area contributed by atoms with E-state index in [1.54, 1.807) is 0 Å². The van der Waals surface area contributed by atoms with Crippen LogP contribution < -0.4 is 10.6 Å². The van der Waals surface area contributed by atoms with E-state index in [0.29, 0.717) is 0 Å². The molecule has 1 fully saturated rings. The fourth-order valence-electron chi connectivity index (χ4n) is 2.40. The second-order valence-corrected chi connectivity index (χ2v) is 4.65. The lowest BCUT2D eigenvalue weighted by Gasteiger charge is -2.26. The van der Waals surface area contributed by atoms with Crippen LogP contribution in [-0.2, 0) is 4.79 Å². The van der Waals surface area contributed by atoms with Crippen molar-refractivity contribution in [1.29, 1.82) is 0 Å². The molecule has 0 bridgehead atoms. The number of hydrogen-bond acceptors (Lipinski definition) is 2. The monoisotopic (exact) mass is 242 g/mol. The average molecular weight is 242 g/mol. The van der Waals surface area contributed by atoms with E-state index in [4.69, 9.17) is 6.42 Å². The summed E-state index contributed by atoms with van der Waals surface area (Å²) >= 11 is 0. The van der Waals surface area contributed by atoms with Gasteiger partial charge in [0.05, 0.1) is 5.54 Å². The number of terminal acetylenes is 1. The van der Waals surface area contributed by atoms with Crippen LogP contribution in [0, 0.1) is 12.3 Å². The van der Waals surface area contributed by atoms with Gasteiger partial charge in [0.1, 0.15) is 0 Å². The molecule has 3 nitrogen and oxygen atoms in total. The highest BCUT2D eigenvalue weighted by atomic mass is 16.2. The van der Waals surface area contributed by atoms with Gasteiger partial charge in [-0.2, -0.15) is 0 Å². The van der Waals surface area contributed by atoms with Crippen LogP contribution in [0.4, 0.5) is 5.69 Å². The fourth-order valence-corrected chi connectivity index (χ4v) is 2.40. The van der Waals surface area contributed by atoms with E-state index in [1.807, 2.05) is 31.2 Å². The highest BCUT2D eigenvalue weighted by Crippen LogP contribution is 2.25. The number of nitrogens with one attached hydrogen (secondary N) is 2. The van der Waals surface area contributed by atoms with Gasteiger partial charge in [-0.25, -0.2) is 0 Å².